The molecule has 2 rings (SSSR count). The molecule has 0 amide bonds. The normalized spacial score (nSPS) is 12.3. The number of aliphatic carboxylic acids is 1. The fraction of sp³-hybridized carbons (Fsp3) is 0.231. The van der Waals surface area contributed by atoms with Gasteiger partial charge in [0.1, 0.15) is 6.04 Å². The minimum atomic E-state index is -0.894. The third kappa shape index (κ3) is 2.75. The average molecular weight is 245 g/mol. The van der Waals surface area contributed by atoms with Crippen molar-refractivity contribution in [2.24, 2.45) is 0 Å². The number of H-pyrrole nitrogens is 1. The largest absolute Gasteiger partial charge is 0.480 e. The van der Waals surface area contributed by atoms with Gasteiger partial charge in [-0.3, -0.25) is 10.1 Å². The Bertz CT molecular complexity index is 522. The van der Waals surface area contributed by atoms with Crippen molar-refractivity contribution in [3.63, 3.8) is 0 Å². The molecule has 0 aliphatic heterocycles. The molecule has 5 nitrogen and oxygen atoms in total. The van der Waals surface area contributed by atoms with Crippen LogP contribution in [0.3, 0.4) is 0 Å². The molecule has 0 spiro atoms. The zero-order valence-corrected chi connectivity index (χ0v) is 10.1. The Morgan fingerprint density at radius 1 is 1.44 bits per heavy atom. The van der Waals surface area contributed by atoms with Crippen molar-refractivity contribution in [3.05, 3.63) is 53.6 Å². The van der Waals surface area contributed by atoms with E-state index in [2.05, 4.69) is 15.3 Å². The number of nitrogens with one attached hydrogen (secondary N) is 2. The molecule has 0 aliphatic carbocycles. The van der Waals surface area contributed by atoms with Gasteiger partial charge in [0.25, 0.3) is 0 Å². The minimum absolute atomic E-state index is 0.418. The number of hydrogen-bond acceptors (Lipinski definition) is 3. The van der Waals surface area contributed by atoms with Gasteiger partial charge in [0.2, 0.25) is 0 Å². The molecule has 2 aromatic rings. The Hall–Kier alpha value is -2.14. The molecule has 94 valence electrons. The highest BCUT2D eigenvalue weighted by Gasteiger charge is 2.19. The SMILES string of the molecule is Cc1[nH]cnc1CNC(C(=O)O)c1ccccc1. The first-order valence-corrected chi connectivity index (χ1v) is 5.68. The summed E-state index contributed by atoms with van der Waals surface area (Å²) in [4.78, 5) is 18.3. The molecule has 1 heterocycles. The predicted octanol–water partition coefficient (Wildman–Crippen LogP) is 1.63. The van der Waals surface area contributed by atoms with Gasteiger partial charge in [-0.15, -0.1) is 0 Å². The van der Waals surface area contributed by atoms with E-state index in [0.29, 0.717) is 6.54 Å². The first kappa shape index (κ1) is 12.3. The van der Waals surface area contributed by atoms with Crippen molar-refractivity contribution in [1.82, 2.24) is 15.3 Å². The average Bonchev–Trinajstić information content (AvgIpc) is 2.76. The van der Waals surface area contributed by atoms with Crippen LogP contribution in [0.2, 0.25) is 0 Å². The second-order valence-electron chi connectivity index (χ2n) is 4.04. The molecule has 0 aliphatic rings. The van der Waals surface area contributed by atoms with E-state index in [1.54, 1.807) is 18.5 Å². The summed E-state index contributed by atoms with van der Waals surface area (Å²) in [5, 5.41) is 12.2. The predicted molar refractivity (Wildman–Crippen MR) is 67.0 cm³/mol. The monoisotopic (exact) mass is 245 g/mol. The Balaban J connectivity index is 2.09. The van der Waals surface area contributed by atoms with E-state index in [9.17, 15) is 9.90 Å². The van der Waals surface area contributed by atoms with Crippen molar-refractivity contribution >= 4 is 5.97 Å². The molecule has 1 aromatic carbocycles. The third-order valence-electron chi connectivity index (χ3n) is 2.79. The van der Waals surface area contributed by atoms with Gasteiger partial charge in [-0.1, -0.05) is 30.3 Å². The Morgan fingerprint density at radius 2 is 2.17 bits per heavy atom. The number of imidazole rings is 1. The van der Waals surface area contributed by atoms with Crippen molar-refractivity contribution in [1.29, 1.82) is 0 Å². The number of carboxylic acid groups (broad SMARTS) is 1. The minimum Gasteiger partial charge on any atom is -0.480 e. The number of nitrogens with zero attached hydrogens (tertiary/aromatic N) is 1. The number of rotatable bonds is 5. The van der Waals surface area contributed by atoms with E-state index < -0.39 is 12.0 Å². The molecule has 1 atom stereocenters. The number of aryl methyl sites for hydroxylation is 1. The molecule has 0 radical (unpaired) electrons. The van der Waals surface area contributed by atoms with Crippen LogP contribution in [-0.2, 0) is 11.3 Å². The second-order valence-corrected chi connectivity index (χ2v) is 4.04. The van der Waals surface area contributed by atoms with Crippen molar-refractivity contribution in [2.45, 2.75) is 19.5 Å². The van der Waals surface area contributed by atoms with E-state index >= 15 is 0 Å². The summed E-state index contributed by atoms with van der Waals surface area (Å²) in [5.74, 6) is -0.894. The van der Waals surface area contributed by atoms with Gasteiger partial charge >= 0.3 is 5.97 Å². The third-order valence-corrected chi connectivity index (χ3v) is 2.79. The number of aromatic nitrogens is 2. The van der Waals surface area contributed by atoms with Gasteiger partial charge < -0.3 is 10.1 Å². The van der Waals surface area contributed by atoms with Crippen molar-refractivity contribution in [3.8, 4) is 0 Å². The van der Waals surface area contributed by atoms with Gasteiger partial charge in [0.05, 0.1) is 12.0 Å². The Morgan fingerprint density at radius 3 is 2.72 bits per heavy atom. The fourth-order valence-corrected chi connectivity index (χ4v) is 1.76. The lowest BCUT2D eigenvalue weighted by Crippen LogP contribution is -2.28. The van der Waals surface area contributed by atoms with Crippen LogP contribution in [0.15, 0.2) is 36.7 Å². The van der Waals surface area contributed by atoms with Crippen LogP contribution >= 0.6 is 0 Å². The highest BCUT2D eigenvalue weighted by Crippen LogP contribution is 2.13. The molecule has 1 aromatic heterocycles. The summed E-state index contributed by atoms with van der Waals surface area (Å²) in [6.07, 6.45) is 1.60. The van der Waals surface area contributed by atoms with Crippen LogP contribution in [0.4, 0.5) is 0 Å². The molecular formula is C13H15N3O2. The second kappa shape index (κ2) is 5.46. The Labute approximate surface area is 105 Å². The number of aromatic amines is 1. The van der Waals surface area contributed by atoms with Crippen LogP contribution in [0, 0.1) is 6.92 Å². The number of carboxylic acids is 1. The van der Waals surface area contributed by atoms with Gasteiger partial charge in [-0.25, -0.2) is 4.98 Å². The summed E-state index contributed by atoms with van der Waals surface area (Å²) >= 11 is 0. The molecular weight excluding hydrogens is 230 g/mol. The van der Waals surface area contributed by atoms with Gasteiger partial charge in [-0.05, 0) is 12.5 Å². The van der Waals surface area contributed by atoms with Crippen LogP contribution in [0.5, 0.6) is 0 Å². The molecule has 0 bridgehead atoms. The van der Waals surface area contributed by atoms with Gasteiger partial charge in [0, 0.05) is 12.2 Å². The van der Waals surface area contributed by atoms with E-state index in [1.165, 1.54) is 0 Å². The molecule has 3 N–H and O–H groups in total. The maximum Gasteiger partial charge on any atom is 0.325 e. The summed E-state index contributed by atoms with van der Waals surface area (Å²) in [6.45, 7) is 2.32. The molecule has 0 saturated carbocycles. The highest BCUT2D eigenvalue weighted by molar-refractivity contribution is 5.75. The lowest BCUT2D eigenvalue weighted by atomic mass is 10.1. The zero-order valence-electron chi connectivity index (χ0n) is 10.1. The van der Waals surface area contributed by atoms with E-state index in [0.717, 1.165) is 17.0 Å². The summed E-state index contributed by atoms with van der Waals surface area (Å²) < 4.78 is 0. The number of hydrogen-bond donors (Lipinski definition) is 3. The maximum atomic E-state index is 11.3. The van der Waals surface area contributed by atoms with Crippen LogP contribution in [0.1, 0.15) is 23.0 Å². The van der Waals surface area contributed by atoms with Crippen LogP contribution in [0.25, 0.3) is 0 Å². The smallest absolute Gasteiger partial charge is 0.325 e. The zero-order chi connectivity index (χ0) is 13.0. The standard InChI is InChI=1S/C13H15N3O2/c1-9-11(16-8-15-9)7-14-12(13(17)18)10-5-3-2-4-6-10/h2-6,8,12,14H,7H2,1H3,(H,15,16)(H,17,18). The van der Waals surface area contributed by atoms with E-state index in [-0.39, 0.29) is 0 Å². The topological polar surface area (TPSA) is 78.0 Å². The molecule has 0 saturated heterocycles. The van der Waals surface area contributed by atoms with E-state index in [4.69, 9.17) is 0 Å². The highest BCUT2D eigenvalue weighted by atomic mass is 16.4. The molecule has 5 heteroatoms. The summed E-state index contributed by atoms with van der Waals surface area (Å²) in [7, 11) is 0. The lowest BCUT2D eigenvalue weighted by molar-refractivity contribution is -0.139. The number of benzene rings is 1. The lowest BCUT2D eigenvalue weighted by Gasteiger charge is -2.14. The summed E-state index contributed by atoms with van der Waals surface area (Å²) in [5.41, 5.74) is 2.51. The molecule has 1 unspecified atom stereocenters. The van der Waals surface area contributed by atoms with Gasteiger partial charge in [0.15, 0.2) is 0 Å². The van der Waals surface area contributed by atoms with Crippen molar-refractivity contribution in [2.75, 3.05) is 0 Å². The molecule has 18 heavy (non-hydrogen) atoms. The Kier molecular flexibility index (Phi) is 3.74. The van der Waals surface area contributed by atoms with Crippen LogP contribution in [-0.4, -0.2) is 21.0 Å². The van der Waals surface area contributed by atoms with Gasteiger partial charge in [-0.2, -0.15) is 0 Å². The van der Waals surface area contributed by atoms with E-state index in [1.807, 2.05) is 25.1 Å². The first-order chi connectivity index (χ1) is 8.68. The number of carbonyl (C=O) groups is 1. The van der Waals surface area contributed by atoms with Crippen LogP contribution < -0.4 is 5.32 Å². The first-order valence-electron chi connectivity index (χ1n) is 5.68. The quantitative estimate of drug-likeness (QED) is 0.748. The maximum absolute atomic E-state index is 11.3. The van der Waals surface area contributed by atoms with Crippen molar-refractivity contribution < 1.29 is 9.90 Å². The summed E-state index contributed by atoms with van der Waals surface area (Å²) in [6, 6.07) is 8.38. The molecule has 0 fully saturated rings. The fourth-order valence-electron chi connectivity index (χ4n) is 1.76.